The largest absolute Gasteiger partial charge is 0.463 e. The van der Waals surface area contributed by atoms with Gasteiger partial charge in [-0.3, -0.25) is 10.3 Å². The molecule has 0 saturated heterocycles. The number of hydrogen-bond acceptors (Lipinski definition) is 5. The van der Waals surface area contributed by atoms with Crippen LogP contribution >= 0.6 is 11.8 Å². The lowest BCUT2D eigenvalue weighted by Crippen LogP contribution is -2.26. The highest BCUT2D eigenvalue weighted by Gasteiger charge is 2.26. The number of fused-ring (bicyclic) bond motifs is 1. The summed E-state index contributed by atoms with van der Waals surface area (Å²) < 4.78 is 5.43. The van der Waals surface area contributed by atoms with E-state index in [-0.39, 0.29) is 0 Å². The molecule has 3 heterocycles. The van der Waals surface area contributed by atoms with Crippen LogP contribution in [0.5, 0.6) is 0 Å². The van der Waals surface area contributed by atoms with E-state index in [0.717, 1.165) is 22.3 Å². The smallest absolute Gasteiger partial charge is 0.196 e. The van der Waals surface area contributed by atoms with Gasteiger partial charge < -0.3 is 4.42 Å². The van der Waals surface area contributed by atoms with Crippen LogP contribution in [0.25, 0.3) is 11.4 Å². The van der Waals surface area contributed by atoms with Gasteiger partial charge in [-0.25, -0.2) is 0 Å². The fourth-order valence-corrected chi connectivity index (χ4v) is 3.11. The van der Waals surface area contributed by atoms with Crippen molar-refractivity contribution < 1.29 is 4.42 Å². The van der Waals surface area contributed by atoms with Crippen LogP contribution in [0.2, 0.25) is 0 Å². The normalized spacial score (nSPS) is 16.8. The molecular formula is C16H13N3OS. The van der Waals surface area contributed by atoms with Gasteiger partial charge in [0.2, 0.25) is 0 Å². The molecule has 104 valence electrons. The van der Waals surface area contributed by atoms with Gasteiger partial charge in [-0.2, -0.15) is 0 Å². The van der Waals surface area contributed by atoms with E-state index in [1.54, 1.807) is 18.0 Å². The fraction of sp³-hybridized carbons (Fsp3) is 0.0625. The number of hydrogen-bond donors (Lipinski definition) is 1. The van der Waals surface area contributed by atoms with Gasteiger partial charge in [0, 0.05) is 11.6 Å². The van der Waals surface area contributed by atoms with Gasteiger partial charge in [0.25, 0.3) is 0 Å². The summed E-state index contributed by atoms with van der Waals surface area (Å²) in [5.74, 6) is 0.776. The number of nitrogens with zero attached hydrogens (tertiary/aromatic N) is 2. The lowest BCUT2D eigenvalue weighted by atomic mass is 10.1. The Labute approximate surface area is 126 Å². The average Bonchev–Trinajstić information content (AvgIpc) is 3.17. The lowest BCUT2D eigenvalue weighted by Gasteiger charge is -2.23. The third kappa shape index (κ3) is 2.15. The third-order valence-electron chi connectivity index (χ3n) is 3.41. The number of thioether (sulfide) groups is 1. The van der Waals surface area contributed by atoms with Crippen molar-refractivity contribution in [3.05, 3.63) is 71.2 Å². The summed E-state index contributed by atoms with van der Waals surface area (Å²) in [6, 6.07) is 12.3. The number of amidine groups is 1. The molecule has 2 aliphatic rings. The van der Waals surface area contributed by atoms with Gasteiger partial charge in [-0.1, -0.05) is 41.6 Å². The summed E-state index contributed by atoms with van der Waals surface area (Å²) in [5, 5.41) is 7.43. The van der Waals surface area contributed by atoms with Gasteiger partial charge in [-0.05, 0) is 24.6 Å². The zero-order valence-corrected chi connectivity index (χ0v) is 12.2. The second-order valence-electron chi connectivity index (χ2n) is 4.88. The van der Waals surface area contributed by atoms with Crippen molar-refractivity contribution in [2.45, 2.75) is 6.92 Å². The maximum absolute atomic E-state index is 5.43. The van der Waals surface area contributed by atoms with Gasteiger partial charge in [0.05, 0.1) is 12.0 Å². The van der Waals surface area contributed by atoms with Gasteiger partial charge >= 0.3 is 0 Å². The van der Waals surface area contributed by atoms with Gasteiger partial charge in [-0.15, -0.1) is 5.10 Å². The van der Waals surface area contributed by atoms with Crippen LogP contribution in [-0.4, -0.2) is 10.1 Å². The number of furan rings is 1. The molecule has 0 amide bonds. The minimum Gasteiger partial charge on any atom is -0.463 e. The van der Waals surface area contributed by atoms with Crippen molar-refractivity contribution in [2.24, 2.45) is 5.10 Å². The first kappa shape index (κ1) is 12.3. The first-order valence-corrected chi connectivity index (χ1v) is 7.52. The summed E-state index contributed by atoms with van der Waals surface area (Å²) >= 11 is 1.61. The van der Waals surface area contributed by atoms with E-state index in [1.807, 2.05) is 18.3 Å². The molecule has 0 aliphatic carbocycles. The van der Waals surface area contributed by atoms with Crippen LogP contribution in [-0.2, 0) is 0 Å². The van der Waals surface area contributed by atoms with E-state index < -0.39 is 0 Å². The molecule has 0 spiro atoms. The highest BCUT2D eigenvalue weighted by molar-refractivity contribution is 8.16. The van der Waals surface area contributed by atoms with Crippen LogP contribution in [0.4, 0.5) is 0 Å². The summed E-state index contributed by atoms with van der Waals surface area (Å²) in [5.41, 5.74) is 7.45. The number of rotatable bonds is 2. The Morgan fingerprint density at radius 2 is 2.05 bits per heavy atom. The average molecular weight is 295 g/mol. The Morgan fingerprint density at radius 3 is 2.81 bits per heavy atom. The lowest BCUT2D eigenvalue weighted by molar-refractivity contribution is 0.544. The summed E-state index contributed by atoms with van der Waals surface area (Å²) in [6.45, 7) is 2.09. The van der Waals surface area contributed by atoms with Crippen LogP contribution in [0.15, 0.2) is 63.8 Å². The first-order valence-electron chi connectivity index (χ1n) is 6.64. The molecule has 4 nitrogen and oxygen atoms in total. The van der Waals surface area contributed by atoms with Crippen molar-refractivity contribution in [3.8, 4) is 0 Å². The molecule has 0 fully saturated rings. The minimum atomic E-state index is 0.776. The maximum Gasteiger partial charge on any atom is 0.196 e. The molecule has 21 heavy (non-hydrogen) atoms. The number of aryl methyl sites for hydroxylation is 1. The van der Waals surface area contributed by atoms with E-state index in [0.29, 0.717) is 0 Å². The summed E-state index contributed by atoms with van der Waals surface area (Å²) in [7, 11) is 0. The Morgan fingerprint density at radius 1 is 1.19 bits per heavy atom. The Bertz CT molecular complexity index is 757. The molecule has 1 aromatic heterocycles. The molecule has 1 aromatic carbocycles. The summed E-state index contributed by atoms with van der Waals surface area (Å²) in [6.07, 6.45) is 3.68. The van der Waals surface area contributed by atoms with Crippen molar-refractivity contribution in [2.75, 3.05) is 0 Å². The van der Waals surface area contributed by atoms with E-state index in [4.69, 9.17) is 4.42 Å². The Balaban J connectivity index is 1.70. The van der Waals surface area contributed by atoms with Crippen molar-refractivity contribution in [1.82, 2.24) is 10.3 Å². The topological polar surface area (TPSA) is 40.8 Å². The highest BCUT2D eigenvalue weighted by Crippen LogP contribution is 2.36. The first-order chi connectivity index (χ1) is 10.3. The highest BCUT2D eigenvalue weighted by atomic mass is 32.2. The minimum absolute atomic E-state index is 0.776. The SMILES string of the molecule is Cc1ccc(C2=CSC3=NNC(c4ccco4)=CN23)cc1. The molecule has 2 aliphatic heterocycles. The molecule has 4 rings (SSSR count). The summed E-state index contributed by atoms with van der Waals surface area (Å²) in [4.78, 5) is 2.09. The second kappa shape index (κ2) is 4.86. The van der Waals surface area contributed by atoms with Crippen molar-refractivity contribution in [3.63, 3.8) is 0 Å². The zero-order chi connectivity index (χ0) is 14.2. The van der Waals surface area contributed by atoms with Crippen LogP contribution in [0.3, 0.4) is 0 Å². The molecular weight excluding hydrogens is 282 g/mol. The van der Waals surface area contributed by atoms with E-state index in [1.165, 1.54) is 11.1 Å². The predicted octanol–water partition coefficient (Wildman–Crippen LogP) is 3.81. The number of nitrogens with one attached hydrogen (secondary N) is 1. The molecule has 1 N–H and O–H groups in total. The zero-order valence-electron chi connectivity index (χ0n) is 11.4. The fourth-order valence-electron chi connectivity index (χ4n) is 2.28. The van der Waals surface area contributed by atoms with E-state index >= 15 is 0 Å². The Kier molecular flexibility index (Phi) is 2.86. The van der Waals surface area contributed by atoms with Crippen LogP contribution < -0.4 is 5.43 Å². The predicted molar refractivity (Wildman–Crippen MR) is 85.8 cm³/mol. The number of hydrazone groups is 1. The molecule has 0 radical (unpaired) electrons. The van der Waals surface area contributed by atoms with E-state index in [9.17, 15) is 0 Å². The monoisotopic (exact) mass is 295 g/mol. The molecule has 5 heteroatoms. The van der Waals surface area contributed by atoms with Crippen LogP contribution in [0, 0.1) is 6.92 Å². The van der Waals surface area contributed by atoms with Gasteiger partial charge in [0.1, 0.15) is 5.70 Å². The van der Waals surface area contributed by atoms with E-state index in [2.05, 4.69) is 52.0 Å². The van der Waals surface area contributed by atoms with Gasteiger partial charge in [0.15, 0.2) is 10.9 Å². The molecule has 0 atom stereocenters. The second-order valence-corrected chi connectivity index (χ2v) is 5.72. The maximum atomic E-state index is 5.43. The Hall–Kier alpha value is -2.40. The standard InChI is InChI=1S/C16H13N3OS/c1-11-4-6-12(7-5-11)14-10-21-16-18-17-13(9-19(14)16)15-3-2-8-20-15/h2-10,17H,1H3. The number of benzene rings is 1. The van der Waals surface area contributed by atoms with Crippen LogP contribution in [0.1, 0.15) is 16.9 Å². The molecule has 0 unspecified atom stereocenters. The third-order valence-corrected chi connectivity index (χ3v) is 4.25. The quantitative estimate of drug-likeness (QED) is 0.914. The van der Waals surface area contributed by atoms with Crippen molar-refractivity contribution in [1.29, 1.82) is 0 Å². The van der Waals surface area contributed by atoms with Crippen molar-refractivity contribution >= 4 is 28.3 Å². The molecule has 2 aromatic rings. The molecule has 0 saturated carbocycles. The molecule has 0 bridgehead atoms.